The summed E-state index contributed by atoms with van der Waals surface area (Å²) in [6.45, 7) is 12.0. The van der Waals surface area contributed by atoms with E-state index in [1.807, 2.05) is 24.0 Å². The number of piperazine rings is 1. The number of aryl methyl sites for hydroxylation is 1. The minimum absolute atomic E-state index is 0.0288. The Morgan fingerprint density at radius 2 is 1.89 bits per heavy atom. The molecule has 2 saturated heterocycles. The fourth-order valence-electron chi connectivity index (χ4n) is 6.34. The first-order valence-electron chi connectivity index (χ1n) is 15.0. The highest BCUT2D eigenvalue weighted by atomic mass is 79.9. The van der Waals surface area contributed by atoms with Crippen molar-refractivity contribution in [1.29, 1.82) is 0 Å². The fraction of sp³-hybridized carbons (Fsp3) is 0.452. The van der Waals surface area contributed by atoms with Crippen LogP contribution in [-0.2, 0) is 10.0 Å². The lowest BCUT2D eigenvalue weighted by molar-refractivity contribution is 0.0663. The predicted octanol–water partition coefficient (Wildman–Crippen LogP) is 4.33. The summed E-state index contributed by atoms with van der Waals surface area (Å²) in [7, 11) is -1.15. The van der Waals surface area contributed by atoms with Crippen LogP contribution in [0.25, 0.3) is 28.2 Å². The highest BCUT2D eigenvalue weighted by Crippen LogP contribution is 2.35. The molecule has 3 aromatic heterocycles. The van der Waals surface area contributed by atoms with E-state index in [9.17, 15) is 13.2 Å². The van der Waals surface area contributed by atoms with Gasteiger partial charge in [-0.1, -0.05) is 6.07 Å². The molecule has 0 saturated carbocycles. The van der Waals surface area contributed by atoms with Gasteiger partial charge in [-0.2, -0.15) is 4.31 Å². The molecular formula is C31H39BrN8O3S. The van der Waals surface area contributed by atoms with E-state index >= 15 is 0 Å². The van der Waals surface area contributed by atoms with Gasteiger partial charge in [0.2, 0.25) is 10.0 Å². The minimum atomic E-state index is -3.23. The van der Waals surface area contributed by atoms with E-state index < -0.39 is 10.0 Å². The molecule has 2 aliphatic rings. The van der Waals surface area contributed by atoms with Gasteiger partial charge in [0.25, 0.3) is 5.91 Å². The molecule has 0 aliphatic carbocycles. The van der Waals surface area contributed by atoms with Crippen LogP contribution in [0.5, 0.6) is 0 Å². The van der Waals surface area contributed by atoms with Crippen molar-refractivity contribution in [3.63, 3.8) is 0 Å². The van der Waals surface area contributed by atoms with Gasteiger partial charge in [-0.25, -0.2) is 18.4 Å². The van der Waals surface area contributed by atoms with Crippen LogP contribution in [0, 0.1) is 20.8 Å². The third kappa shape index (κ3) is 5.55. The molecule has 11 nitrogen and oxygen atoms in total. The number of nitrogens with one attached hydrogen (secondary N) is 2. The summed E-state index contributed by atoms with van der Waals surface area (Å²) >= 11 is 3.64. The fourth-order valence-corrected chi connectivity index (χ4v) is 7.91. The third-order valence-corrected chi connectivity index (χ3v) is 11.4. The molecule has 13 heteroatoms. The number of aromatic nitrogens is 4. The first kappa shape index (κ1) is 30.8. The van der Waals surface area contributed by atoms with Gasteiger partial charge in [0.05, 0.1) is 15.9 Å². The number of amides is 1. The number of anilines is 1. The quantitative estimate of drug-likeness (QED) is 0.298. The second-order valence-electron chi connectivity index (χ2n) is 11.8. The summed E-state index contributed by atoms with van der Waals surface area (Å²) in [6.07, 6.45) is 2.44. The number of hydrogen-bond donors (Lipinski definition) is 2. The van der Waals surface area contributed by atoms with E-state index in [1.165, 1.54) is 0 Å². The number of nitrogens with zero attached hydrogens (tertiary/aromatic N) is 6. The number of likely N-dealkylation sites (N-methyl/N-ethyl adjacent to an activating group) is 1. The molecule has 2 N–H and O–H groups in total. The second-order valence-corrected chi connectivity index (χ2v) is 14.9. The molecule has 0 radical (unpaired) electrons. The van der Waals surface area contributed by atoms with Gasteiger partial charge in [-0.05, 0) is 80.9 Å². The standard InChI is InChI=1S/C31H39BrN8O3S/c1-6-44(42,43)39-11-10-22(18-39)34-27-25(32)17-33-30-28(27)35-29(36-30)24-16-19(2)40(21(24)4)26-9-7-8-23(20(26)3)31(41)38-14-12-37(5)13-15-38/h7-9,16-17,22H,6,10-15,18H2,1-5H3,(H2,33,34,35,36). The number of hydrogen-bond acceptors (Lipinski definition) is 7. The van der Waals surface area contributed by atoms with Gasteiger partial charge in [0.1, 0.15) is 11.3 Å². The molecule has 6 rings (SSSR count). The van der Waals surface area contributed by atoms with Crippen LogP contribution >= 0.6 is 15.9 Å². The maximum absolute atomic E-state index is 13.5. The third-order valence-electron chi connectivity index (χ3n) is 8.98. The van der Waals surface area contributed by atoms with Crippen LogP contribution in [0.3, 0.4) is 0 Å². The van der Waals surface area contributed by atoms with Crippen molar-refractivity contribution in [3.05, 3.63) is 57.4 Å². The van der Waals surface area contributed by atoms with E-state index in [0.29, 0.717) is 31.0 Å². The number of carbonyl (C=O) groups excluding carboxylic acids is 1. The normalized spacial score (nSPS) is 18.4. The van der Waals surface area contributed by atoms with Crippen molar-refractivity contribution in [2.24, 2.45) is 0 Å². The molecule has 4 aromatic rings. The van der Waals surface area contributed by atoms with Crippen LogP contribution in [0.15, 0.2) is 34.9 Å². The van der Waals surface area contributed by atoms with Crippen LogP contribution in [0.1, 0.15) is 40.7 Å². The average Bonchev–Trinajstić information content (AvgIpc) is 3.73. The molecular weight excluding hydrogens is 644 g/mol. The Labute approximate surface area is 266 Å². The summed E-state index contributed by atoms with van der Waals surface area (Å²) < 4.78 is 29.3. The van der Waals surface area contributed by atoms with Gasteiger partial charge in [0.15, 0.2) is 5.65 Å². The van der Waals surface area contributed by atoms with Crippen LogP contribution < -0.4 is 5.32 Å². The predicted molar refractivity (Wildman–Crippen MR) is 177 cm³/mol. The lowest BCUT2D eigenvalue weighted by atomic mass is 10.0. The van der Waals surface area contributed by atoms with Crippen molar-refractivity contribution in [2.45, 2.75) is 40.2 Å². The summed E-state index contributed by atoms with van der Waals surface area (Å²) in [5.74, 6) is 0.866. The Morgan fingerprint density at radius 1 is 1.14 bits per heavy atom. The van der Waals surface area contributed by atoms with Crippen molar-refractivity contribution in [1.82, 2.24) is 33.6 Å². The first-order chi connectivity index (χ1) is 21.0. The Kier molecular flexibility index (Phi) is 8.33. The molecule has 1 unspecified atom stereocenters. The van der Waals surface area contributed by atoms with E-state index in [1.54, 1.807) is 17.4 Å². The molecule has 2 aliphatic heterocycles. The number of carbonyl (C=O) groups is 1. The summed E-state index contributed by atoms with van der Waals surface area (Å²) in [5.41, 5.74) is 7.76. The lowest BCUT2D eigenvalue weighted by Crippen LogP contribution is -2.47. The van der Waals surface area contributed by atoms with Crippen LogP contribution in [-0.4, -0.2) is 106 Å². The summed E-state index contributed by atoms with van der Waals surface area (Å²) in [5, 5.41) is 3.55. The summed E-state index contributed by atoms with van der Waals surface area (Å²) in [6, 6.07) is 8.02. The number of sulfonamides is 1. The number of pyridine rings is 1. The molecule has 1 atom stereocenters. The zero-order chi connectivity index (χ0) is 31.3. The Morgan fingerprint density at radius 3 is 2.61 bits per heavy atom. The molecule has 5 heterocycles. The smallest absolute Gasteiger partial charge is 0.254 e. The Balaban J connectivity index is 1.32. The topological polar surface area (TPSA) is 119 Å². The van der Waals surface area contributed by atoms with E-state index in [4.69, 9.17) is 4.98 Å². The molecule has 1 aromatic carbocycles. The molecule has 0 spiro atoms. The van der Waals surface area contributed by atoms with Gasteiger partial charge < -0.3 is 24.7 Å². The van der Waals surface area contributed by atoms with Gasteiger partial charge in [0, 0.05) is 79.7 Å². The maximum Gasteiger partial charge on any atom is 0.254 e. The number of aromatic amines is 1. The average molecular weight is 684 g/mol. The van der Waals surface area contributed by atoms with Crippen molar-refractivity contribution in [3.8, 4) is 17.1 Å². The number of fused-ring (bicyclic) bond motifs is 1. The summed E-state index contributed by atoms with van der Waals surface area (Å²) in [4.78, 5) is 30.6. The molecule has 44 heavy (non-hydrogen) atoms. The van der Waals surface area contributed by atoms with Gasteiger partial charge in [-0.15, -0.1) is 0 Å². The SMILES string of the molecule is CCS(=O)(=O)N1CCC(Nc2c(Br)cnc3nc(-c4cc(C)n(-c5cccc(C(=O)N6CCN(C)CC6)c5C)c4C)[nH]c23)C1. The molecule has 0 bridgehead atoms. The number of benzene rings is 1. The zero-order valence-corrected chi connectivity index (χ0v) is 28.2. The Bertz CT molecular complexity index is 1840. The van der Waals surface area contributed by atoms with Gasteiger partial charge in [-0.3, -0.25) is 4.79 Å². The van der Waals surface area contributed by atoms with Crippen molar-refractivity contribution < 1.29 is 13.2 Å². The van der Waals surface area contributed by atoms with Crippen LogP contribution in [0.4, 0.5) is 5.69 Å². The van der Waals surface area contributed by atoms with E-state index in [2.05, 4.69) is 73.7 Å². The number of halogens is 1. The highest BCUT2D eigenvalue weighted by Gasteiger charge is 2.31. The second kappa shape index (κ2) is 11.9. The largest absolute Gasteiger partial charge is 0.378 e. The molecule has 1 amide bonds. The highest BCUT2D eigenvalue weighted by molar-refractivity contribution is 9.10. The number of rotatable bonds is 7. The van der Waals surface area contributed by atoms with E-state index in [0.717, 1.165) is 75.6 Å². The lowest BCUT2D eigenvalue weighted by Gasteiger charge is -2.33. The molecule has 234 valence electrons. The Hall–Kier alpha value is -3.26. The monoisotopic (exact) mass is 682 g/mol. The number of imidazole rings is 1. The van der Waals surface area contributed by atoms with Crippen LogP contribution in [0.2, 0.25) is 0 Å². The number of H-pyrrole nitrogens is 1. The molecule has 2 fully saturated rings. The van der Waals surface area contributed by atoms with E-state index in [-0.39, 0.29) is 17.7 Å². The van der Waals surface area contributed by atoms with Gasteiger partial charge >= 0.3 is 0 Å². The zero-order valence-electron chi connectivity index (χ0n) is 25.8. The minimum Gasteiger partial charge on any atom is -0.378 e. The van der Waals surface area contributed by atoms with Crippen molar-refractivity contribution in [2.75, 3.05) is 57.4 Å². The first-order valence-corrected chi connectivity index (χ1v) is 17.4. The maximum atomic E-state index is 13.5. The van der Waals surface area contributed by atoms with Crippen molar-refractivity contribution >= 4 is 48.7 Å².